The average molecular weight is 431 g/mol. The van der Waals surface area contributed by atoms with Crippen molar-refractivity contribution < 1.29 is 18.7 Å². The van der Waals surface area contributed by atoms with Gasteiger partial charge in [-0.15, -0.1) is 0 Å². The number of methoxy groups -OCH3 is 1. The van der Waals surface area contributed by atoms with Crippen molar-refractivity contribution in [3.8, 4) is 11.5 Å². The van der Waals surface area contributed by atoms with E-state index in [0.717, 1.165) is 5.56 Å². The Hall–Kier alpha value is -2.93. The SMILES string of the molecule is COc1ccc(NC(=O)c2ccc(Br)cc2F)cc1OCc1ccncc1. The van der Waals surface area contributed by atoms with Gasteiger partial charge >= 0.3 is 0 Å². The fourth-order valence-corrected chi connectivity index (χ4v) is 2.71. The van der Waals surface area contributed by atoms with Crippen LogP contribution in [-0.2, 0) is 6.61 Å². The summed E-state index contributed by atoms with van der Waals surface area (Å²) in [6.45, 7) is 0.317. The number of ether oxygens (including phenoxy) is 2. The van der Waals surface area contributed by atoms with E-state index in [1.807, 2.05) is 12.1 Å². The van der Waals surface area contributed by atoms with E-state index in [2.05, 4.69) is 26.2 Å². The van der Waals surface area contributed by atoms with Crippen LogP contribution < -0.4 is 14.8 Å². The van der Waals surface area contributed by atoms with Gasteiger partial charge in [-0.1, -0.05) is 15.9 Å². The van der Waals surface area contributed by atoms with E-state index < -0.39 is 11.7 Å². The summed E-state index contributed by atoms with van der Waals surface area (Å²) in [5.41, 5.74) is 1.36. The zero-order valence-electron chi connectivity index (χ0n) is 14.4. The molecular weight excluding hydrogens is 415 g/mol. The number of carbonyl (C=O) groups excluding carboxylic acids is 1. The second-order valence-corrected chi connectivity index (χ2v) is 6.50. The van der Waals surface area contributed by atoms with Gasteiger partial charge in [0.1, 0.15) is 12.4 Å². The minimum atomic E-state index is -0.607. The molecule has 0 saturated carbocycles. The number of anilines is 1. The summed E-state index contributed by atoms with van der Waals surface area (Å²) < 4.78 is 25.6. The van der Waals surface area contributed by atoms with E-state index in [4.69, 9.17) is 9.47 Å². The molecule has 1 heterocycles. The maximum absolute atomic E-state index is 14.0. The summed E-state index contributed by atoms with van der Waals surface area (Å²) in [5.74, 6) is -0.171. The molecule has 7 heteroatoms. The highest BCUT2D eigenvalue weighted by atomic mass is 79.9. The highest BCUT2D eigenvalue weighted by Gasteiger charge is 2.14. The molecule has 1 amide bonds. The molecule has 0 saturated heterocycles. The summed E-state index contributed by atoms with van der Waals surface area (Å²) in [6.07, 6.45) is 3.36. The number of nitrogens with one attached hydrogen (secondary N) is 1. The molecule has 3 aromatic rings. The van der Waals surface area contributed by atoms with E-state index in [1.165, 1.54) is 19.2 Å². The van der Waals surface area contributed by atoms with E-state index in [9.17, 15) is 9.18 Å². The molecule has 0 bridgehead atoms. The number of hydrogen-bond acceptors (Lipinski definition) is 4. The van der Waals surface area contributed by atoms with Crippen molar-refractivity contribution >= 4 is 27.5 Å². The number of carbonyl (C=O) groups is 1. The van der Waals surface area contributed by atoms with Crippen molar-refractivity contribution in [3.05, 3.63) is 82.3 Å². The van der Waals surface area contributed by atoms with Crippen LogP contribution in [0.4, 0.5) is 10.1 Å². The zero-order valence-corrected chi connectivity index (χ0v) is 16.0. The predicted octanol–water partition coefficient (Wildman–Crippen LogP) is 4.82. The van der Waals surface area contributed by atoms with Gasteiger partial charge in [-0.05, 0) is 48.0 Å². The first-order valence-electron chi connectivity index (χ1n) is 8.03. The lowest BCUT2D eigenvalue weighted by Gasteiger charge is -2.13. The number of benzene rings is 2. The number of amides is 1. The van der Waals surface area contributed by atoms with Crippen LogP contribution in [0, 0.1) is 5.82 Å². The van der Waals surface area contributed by atoms with E-state index in [-0.39, 0.29) is 5.56 Å². The lowest BCUT2D eigenvalue weighted by molar-refractivity contribution is 0.102. The Morgan fingerprint density at radius 3 is 2.59 bits per heavy atom. The van der Waals surface area contributed by atoms with Crippen LogP contribution in [0.3, 0.4) is 0 Å². The van der Waals surface area contributed by atoms with Crippen LogP contribution in [0.1, 0.15) is 15.9 Å². The first-order chi connectivity index (χ1) is 13.1. The number of nitrogens with zero attached hydrogens (tertiary/aromatic N) is 1. The molecule has 138 valence electrons. The van der Waals surface area contributed by atoms with Gasteiger partial charge in [-0.2, -0.15) is 0 Å². The maximum atomic E-state index is 14.0. The molecular formula is C20H16BrFN2O3. The molecule has 0 aliphatic heterocycles. The third-order valence-electron chi connectivity index (χ3n) is 3.74. The van der Waals surface area contributed by atoms with Gasteiger partial charge in [0.15, 0.2) is 11.5 Å². The Labute approximate surface area is 164 Å². The van der Waals surface area contributed by atoms with Crippen LogP contribution in [0.25, 0.3) is 0 Å². The normalized spacial score (nSPS) is 10.3. The molecule has 27 heavy (non-hydrogen) atoms. The van der Waals surface area contributed by atoms with Crippen molar-refractivity contribution in [2.75, 3.05) is 12.4 Å². The molecule has 3 rings (SSSR count). The van der Waals surface area contributed by atoms with Crippen LogP contribution in [0.15, 0.2) is 65.4 Å². The van der Waals surface area contributed by atoms with Crippen LogP contribution in [-0.4, -0.2) is 18.0 Å². The fraction of sp³-hybridized carbons (Fsp3) is 0.100. The van der Waals surface area contributed by atoms with Crippen LogP contribution in [0.2, 0.25) is 0 Å². The Morgan fingerprint density at radius 1 is 1.11 bits per heavy atom. The van der Waals surface area contributed by atoms with Gasteiger partial charge in [-0.25, -0.2) is 4.39 Å². The number of pyridine rings is 1. The summed E-state index contributed by atoms with van der Waals surface area (Å²) in [5, 5.41) is 2.67. The molecule has 0 aliphatic carbocycles. The van der Waals surface area contributed by atoms with E-state index in [1.54, 1.807) is 36.7 Å². The Kier molecular flexibility index (Phi) is 6.03. The first-order valence-corrected chi connectivity index (χ1v) is 8.82. The highest BCUT2D eigenvalue weighted by molar-refractivity contribution is 9.10. The van der Waals surface area contributed by atoms with Crippen molar-refractivity contribution in [2.24, 2.45) is 0 Å². The second kappa shape index (κ2) is 8.64. The lowest BCUT2D eigenvalue weighted by Crippen LogP contribution is -2.14. The van der Waals surface area contributed by atoms with Gasteiger partial charge < -0.3 is 14.8 Å². The zero-order chi connectivity index (χ0) is 19.2. The van der Waals surface area contributed by atoms with E-state index in [0.29, 0.717) is 28.3 Å². The van der Waals surface area contributed by atoms with Crippen LogP contribution in [0.5, 0.6) is 11.5 Å². The molecule has 0 aliphatic rings. The van der Waals surface area contributed by atoms with Gasteiger partial charge in [0.2, 0.25) is 0 Å². The summed E-state index contributed by atoms with van der Waals surface area (Å²) >= 11 is 3.17. The summed E-state index contributed by atoms with van der Waals surface area (Å²) in [4.78, 5) is 16.3. The molecule has 0 spiro atoms. The molecule has 0 atom stereocenters. The van der Waals surface area contributed by atoms with Gasteiger partial charge in [0, 0.05) is 28.6 Å². The standard InChI is InChI=1S/C20H16BrFN2O3/c1-26-18-5-3-15(11-19(18)27-12-13-6-8-23-9-7-13)24-20(25)16-4-2-14(21)10-17(16)22/h2-11H,12H2,1H3,(H,24,25). The molecule has 2 aromatic carbocycles. The summed E-state index contributed by atoms with van der Waals surface area (Å²) in [6, 6.07) is 12.9. The molecule has 0 radical (unpaired) electrons. The molecule has 1 aromatic heterocycles. The molecule has 5 nitrogen and oxygen atoms in total. The van der Waals surface area contributed by atoms with Crippen molar-refractivity contribution in [3.63, 3.8) is 0 Å². The molecule has 0 unspecified atom stereocenters. The average Bonchev–Trinajstić information content (AvgIpc) is 2.67. The van der Waals surface area contributed by atoms with Crippen molar-refractivity contribution in [1.29, 1.82) is 0 Å². The highest BCUT2D eigenvalue weighted by Crippen LogP contribution is 2.31. The summed E-state index contributed by atoms with van der Waals surface area (Å²) in [7, 11) is 1.53. The topological polar surface area (TPSA) is 60.5 Å². The van der Waals surface area contributed by atoms with Gasteiger partial charge in [0.25, 0.3) is 5.91 Å². The Morgan fingerprint density at radius 2 is 1.89 bits per heavy atom. The molecule has 1 N–H and O–H groups in total. The monoisotopic (exact) mass is 430 g/mol. The second-order valence-electron chi connectivity index (χ2n) is 5.59. The van der Waals surface area contributed by atoms with Crippen molar-refractivity contribution in [1.82, 2.24) is 4.98 Å². The number of aromatic nitrogens is 1. The third kappa shape index (κ3) is 4.83. The number of rotatable bonds is 6. The number of halogens is 2. The van der Waals surface area contributed by atoms with Crippen molar-refractivity contribution in [2.45, 2.75) is 6.61 Å². The fourth-order valence-electron chi connectivity index (χ4n) is 2.38. The third-order valence-corrected chi connectivity index (χ3v) is 4.23. The minimum absolute atomic E-state index is 0.0479. The number of hydrogen-bond donors (Lipinski definition) is 1. The van der Waals surface area contributed by atoms with Crippen LogP contribution >= 0.6 is 15.9 Å². The first kappa shape index (κ1) is 18.8. The Balaban J connectivity index is 1.77. The van der Waals surface area contributed by atoms with Gasteiger partial charge in [0.05, 0.1) is 12.7 Å². The maximum Gasteiger partial charge on any atom is 0.258 e. The van der Waals surface area contributed by atoms with E-state index >= 15 is 0 Å². The minimum Gasteiger partial charge on any atom is -0.493 e. The Bertz CT molecular complexity index is 951. The van der Waals surface area contributed by atoms with Gasteiger partial charge in [-0.3, -0.25) is 9.78 Å². The predicted molar refractivity (Wildman–Crippen MR) is 104 cm³/mol. The lowest BCUT2D eigenvalue weighted by atomic mass is 10.2. The quantitative estimate of drug-likeness (QED) is 0.608. The largest absolute Gasteiger partial charge is 0.493 e. The molecule has 0 fully saturated rings. The smallest absolute Gasteiger partial charge is 0.258 e.